The number of nitrogens with zero attached hydrogens (tertiary/aromatic N) is 2. The van der Waals surface area contributed by atoms with Gasteiger partial charge in [-0.3, -0.25) is 9.78 Å². The van der Waals surface area contributed by atoms with E-state index in [-0.39, 0.29) is 12.5 Å². The molecule has 0 atom stereocenters. The van der Waals surface area contributed by atoms with E-state index in [9.17, 15) is 4.79 Å². The minimum atomic E-state index is -0.254. The van der Waals surface area contributed by atoms with E-state index < -0.39 is 0 Å². The van der Waals surface area contributed by atoms with Crippen LogP contribution in [0.15, 0.2) is 24.5 Å². The lowest BCUT2D eigenvalue weighted by Gasteiger charge is -1.99. The smallest absolute Gasteiger partial charge is 0.272 e. The SMILES string of the molecule is O=C([N]CCCO)c1ccncc1. The van der Waals surface area contributed by atoms with Crippen LogP contribution in [0.4, 0.5) is 0 Å². The first-order chi connectivity index (χ1) is 6.34. The van der Waals surface area contributed by atoms with Crippen LogP contribution in [0.3, 0.4) is 0 Å². The van der Waals surface area contributed by atoms with Crippen LogP contribution in [-0.4, -0.2) is 29.1 Å². The monoisotopic (exact) mass is 179 g/mol. The number of aliphatic hydroxyl groups excluding tert-OH is 1. The summed E-state index contributed by atoms with van der Waals surface area (Å²) in [6.07, 6.45) is 3.63. The molecule has 0 fully saturated rings. The lowest BCUT2D eigenvalue weighted by Crippen LogP contribution is -2.17. The van der Waals surface area contributed by atoms with Gasteiger partial charge in [0.25, 0.3) is 5.91 Å². The summed E-state index contributed by atoms with van der Waals surface area (Å²) in [6.45, 7) is 0.435. The summed E-state index contributed by atoms with van der Waals surface area (Å²) in [5, 5.41) is 12.2. The fourth-order valence-electron chi connectivity index (χ4n) is 0.837. The zero-order chi connectivity index (χ0) is 9.52. The van der Waals surface area contributed by atoms with Gasteiger partial charge in [0.05, 0.1) is 0 Å². The normalized spacial score (nSPS) is 9.62. The lowest BCUT2D eigenvalue weighted by molar-refractivity contribution is 0.0946. The highest BCUT2D eigenvalue weighted by Crippen LogP contribution is 1.96. The number of amides is 1. The summed E-state index contributed by atoms with van der Waals surface area (Å²) in [5.74, 6) is -0.254. The lowest BCUT2D eigenvalue weighted by atomic mass is 10.2. The first-order valence-electron chi connectivity index (χ1n) is 4.07. The first kappa shape index (κ1) is 9.67. The Morgan fingerprint density at radius 1 is 1.46 bits per heavy atom. The summed E-state index contributed by atoms with van der Waals surface area (Å²) < 4.78 is 0. The average molecular weight is 179 g/mol. The molecule has 1 amide bonds. The third-order valence-electron chi connectivity index (χ3n) is 1.50. The van der Waals surface area contributed by atoms with Gasteiger partial charge in [0.15, 0.2) is 0 Å². The van der Waals surface area contributed by atoms with Gasteiger partial charge in [-0.25, -0.2) is 5.32 Å². The number of aromatic nitrogens is 1. The molecule has 1 aromatic heterocycles. The van der Waals surface area contributed by atoms with Crippen LogP contribution in [0.5, 0.6) is 0 Å². The van der Waals surface area contributed by atoms with E-state index in [0.29, 0.717) is 18.5 Å². The summed E-state index contributed by atoms with van der Waals surface area (Å²) in [7, 11) is 0. The van der Waals surface area contributed by atoms with Crippen LogP contribution in [0.2, 0.25) is 0 Å². The number of hydrogen-bond acceptors (Lipinski definition) is 3. The molecule has 0 spiro atoms. The van der Waals surface area contributed by atoms with Crippen molar-refractivity contribution in [3.8, 4) is 0 Å². The maximum Gasteiger partial charge on any atom is 0.272 e. The topological polar surface area (TPSA) is 64.3 Å². The van der Waals surface area contributed by atoms with E-state index in [1.165, 1.54) is 0 Å². The molecule has 4 heteroatoms. The van der Waals surface area contributed by atoms with E-state index >= 15 is 0 Å². The Kier molecular flexibility index (Phi) is 3.92. The zero-order valence-electron chi connectivity index (χ0n) is 7.18. The second-order valence-electron chi connectivity index (χ2n) is 2.50. The van der Waals surface area contributed by atoms with Gasteiger partial charge in [-0.1, -0.05) is 0 Å². The molecule has 0 aliphatic rings. The molecule has 0 unspecified atom stereocenters. The van der Waals surface area contributed by atoms with Crippen molar-refractivity contribution in [3.05, 3.63) is 30.1 Å². The summed E-state index contributed by atoms with van der Waals surface area (Å²) in [6, 6.07) is 3.23. The third kappa shape index (κ3) is 3.21. The largest absolute Gasteiger partial charge is 0.396 e. The van der Waals surface area contributed by atoms with Crippen LogP contribution >= 0.6 is 0 Å². The van der Waals surface area contributed by atoms with Gasteiger partial charge in [-0.2, -0.15) is 0 Å². The van der Waals surface area contributed by atoms with Crippen molar-refractivity contribution in [2.24, 2.45) is 0 Å². The number of aliphatic hydroxyl groups is 1. The summed E-state index contributed by atoms with van der Waals surface area (Å²) >= 11 is 0. The number of pyridine rings is 1. The quantitative estimate of drug-likeness (QED) is 0.672. The van der Waals surface area contributed by atoms with E-state index in [1.54, 1.807) is 24.5 Å². The van der Waals surface area contributed by atoms with E-state index in [4.69, 9.17) is 5.11 Å². The Labute approximate surface area is 76.6 Å². The molecule has 0 saturated heterocycles. The molecular weight excluding hydrogens is 168 g/mol. The van der Waals surface area contributed by atoms with Gasteiger partial charge in [0.2, 0.25) is 0 Å². The summed E-state index contributed by atoms with van der Waals surface area (Å²) in [5.41, 5.74) is 0.535. The molecule has 0 saturated carbocycles. The van der Waals surface area contributed by atoms with E-state index in [0.717, 1.165) is 0 Å². The Morgan fingerprint density at radius 3 is 2.77 bits per heavy atom. The average Bonchev–Trinajstić information content (AvgIpc) is 2.19. The number of carbonyl (C=O) groups excluding carboxylic acids is 1. The molecule has 13 heavy (non-hydrogen) atoms. The van der Waals surface area contributed by atoms with E-state index in [2.05, 4.69) is 10.3 Å². The molecule has 1 radical (unpaired) electrons. The van der Waals surface area contributed by atoms with Gasteiger partial charge in [0.1, 0.15) is 0 Å². The molecule has 0 aromatic carbocycles. The van der Waals surface area contributed by atoms with Crippen molar-refractivity contribution in [2.75, 3.05) is 13.2 Å². The molecule has 1 N–H and O–H groups in total. The van der Waals surface area contributed by atoms with Gasteiger partial charge in [-0.05, 0) is 18.6 Å². The first-order valence-corrected chi connectivity index (χ1v) is 4.07. The number of carbonyl (C=O) groups is 1. The minimum Gasteiger partial charge on any atom is -0.396 e. The van der Waals surface area contributed by atoms with Crippen molar-refractivity contribution in [1.29, 1.82) is 0 Å². The Balaban J connectivity index is 2.40. The summed E-state index contributed by atoms with van der Waals surface area (Å²) in [4.78, 5) is 15.0. The maximum atomic E-state index is 11.2. The van der Waals surface area contributed by atoms with Crippen molar-refractivity contribution in [3.63, 3.8) is 0 Å². The second kappa shape index (κ2) is 5.27. The van der Waals surface area contributed by atoms with Gasteiger partial charge >= 0.3 is 0 Å². The molecule has 69 valence electrons. The molecule has 0 aliphatic carbocycles. The van der Waals surface area contributed by atoms with Crippen molar-refractivity contribution in [1.82, 2.24) is 10.3 Å². The predicted octanol–water partition coefficient (Wildman–Crippen LogP) is 0.209. The maximum absolute atomic E-state index is 11.2. The van der Waals surface area contributed by atoms with Gasteiger partial charge in [-0.15, -0.1) is 0 Å². The minimum absolute atomic E-state index is 0.0626. The highest BCUT2D eigenvalue weighted by molar-refractivity contribution is 5.93. The molecular formula is C9H11N2O2. The zero-order valence-corrected chi connectivity index (χ0v) is 7.18. The molecule has 1 heterocycles. The fourth-order valence-corrected chi connectivity index (χ4v) is 0.837. The third-order valence-corrected chi connectivity index (χ3v) is 1.50. The molecule has 4 nitrogen and oxygen atoms in total. The van der Waals surface area contributed by atoms with Crippen LogP contribution < -0.4 is 5.32 Å². The highest BCUT2D eigenvalue weighted by atomic mass is 16.3. The fraction of sp³-hybridized carbons (Fsp3) is 0.333. The second-order valence-corrected chi connectivity index (χ2v) is 2.50. The van der Waals surface area contributed by atoms with Crippen molar-refractivity contribution < 1.29 is 9.90 Å². The Bertz CT molecular complexity index is 262. The molecule has 0 aliphatic heterocycles. The predicted molar refractivity (Wildman–Crippen MR) is 47.3 cm³/mol. The number of hydrogen-bond donors (Lipinski definition) is 1. The number of rotatable bonds is 4. The Hall–Kier alpha value is -1.42. The van der Waals surface area contributed by atoms with Crippen molar-refractivity contribution in [2.45, 2.75) is 6.42 Å². The van der Waals surface area contributed by atoms with Crippen LogP contribution in [0.25, 0.3) is 0 Å². The van der Waals surface area contributed by atoms with Gasteiger partial charge < -0.3 is 5.11 Å². The standard InChI is InChI=1S/C9H11N2O2/c12-7-1-4-11-9(13)8-2-5-10-6-3-8/h2-3,5-6,12H,1,4,7H2. The van der Waals surface area contributed by atoms with Crippen LogP contribution in [0.1, 0.15) is 16.8 Å². The van der Waals surface area contributed by atoms with Crippen molar-refractivity contribution >= 4 is 5.91 Å². The Morgan fingerprint density at radius 2 is 2.15 bits per heavy atom. The van der Waals surface area contributed by atoms with E-state index in [1.807, 2.05) is 0 Å². The molecule has 1 rings (SSSR count). The van der Waals surface area contributed by atoms with Gasteiger partial charge in [0, 0.05) is 31.1 Å². The van der Waals surface area contributed by atoms with Crippen LogP contribution in [0, 0.1) is 0 Å². The highest BCUT2D eigenvalue weighted by Gasteiger charge is 2.04. The van der Waals surface area contributed by atoms with Crippen LogP contribution in [-0.2, 0) is 0 Å². The molecule has 1 aromatic rings. The molecule has 0 bridgehead atoms.